The van der Waals surface area contributed by atoms with Crippen molar-refractivity contribution in [3.05, 3.63) is 61.8 Å². The lowest BCUT2D eigenvalue weighted by Gasteiger charge is -2.21. The number of hydrogen-bond donors (Lipinski definition) is 1. The molecule has 0 radical (unpaired) electrons. The van der Waals surface area contributed by atoms with E-state index in [9.17, 15) is 9.59 Å². The monoisotopic (exact) mass is 399 g/mol. The lowest BCUT2D eigenvalue weighted by Crippen LogP contribution is -2.34. The van der Waals surface area contributed by atoms with Gasteiger partial charge in [-0.2, -0.15) is 0 Å². The summed E-state index contributed by atoms with van der Waals surface area (Å²) < 4.78 is 5.17. The third kappa shape index (κ3) is 4.48. The van der Waals surface area contributed by atoms with Crippen LogP contribution in [-0.4, -0.2) is 41.0 Å². The predicted octanol–water partition coefficient (Wildman–Crippen LogP) is 3.53. The number of aromatic amines is 1. The number of benzene rings is 1. The third-order valence-corrected chi connectivity index (χ3v) is 5.69. The molecule has 2 heterocycles. The number of H-pyrrole nitrogens is 1. The zero-order valence-electron chi connectivity index (χ0n) is 16.4. The molecule has 7 heteroatoms. The molecule has 3 aromatic rings. The number of fused-ring (bicyclic) bond motifs is 1. The van der Waals surface area contributed by atoms with Gasteiger partial charge in [0.15, 0.2) is 0 Å². The van der Waals surface area contributed by atoms with Crippen molar-refractivity contribution in [3.63, 3.8) is 0 Å². The molecule has 1 aromatic carbocycles. The maximum atomic E-state index is 13.1. The lowest BCUT2D eigenvalue weighted by molar-refractivity contribution is 0.0680. The van der Waals surface area contributed by atoms with Crippen LogP contribution in [0.5, 0.6) is 0 Å². The van der Waals surface area contributed by atoms with Crippen LogP contribution >= 0.6 is 11.3 Å². The van der Waals surface area contributed by atoms with Crippen LogP contribution in [-0.2, 0) is 17.7 Å². The first-order chi connectivity index (χ1) is 13.5. The summed E-state index contributed by atoms with van der Waals surface area (Å²) in [6, 6.07) is 9.18. The molecule has 6 nitrogen and oxygen atoms in total. The van der Waals surface area contributed by atoms with Crippen LogP contribution in [0.1, 0.15) is 39.3 Å². The second-order valence-electron chi connectivity index (χ2n) is 6.69. The molecule has 2 aromatic heterocycles. The summed E-state index contributed by atoms with van der Waals surface area (Å²) in [4.78, 5) is 36.4. The number of nitrogens with one attached hydrogen (secondary N) is 1. The number of carbonyl (C=O) groups is 1. The van der Waals surface area contributed by atoms with E-state index in [1.165, 1.54) is 21.8 Å². The quantitative estimate of drug-likeness (QED) is 0.629. The van der Waals surface area contributed by atoms with Crippen molar-refractivity contribution in [2.24, 2.45) is 0 Å². The van der Waals surface area contributed by atoms with Crippen LogP contribution in [0, 0.1) is 6.92 Å². The minimum Gasteiger partial charge on any atom is -0.383 e. The Labute approximate surface area is 168 Å². The highest BCUT2D eigenvalue weighted by atomic mass is 32.1. The molecule has 0 spiro atoms. The van der Waals surface area contributed by atoms with Gasteiger partial charge >= 0.3 is 0 Å². The van der Waals surface area contributed by atoms with Gasteiger partial charge in [0, 0.05) is 18.5 Å². The molecular weight excluding hydrogens is 374 g/mol. The number of aromatic nitrogens is 2. The van der Waals surface area contributed by atoms with Gasteiger partial charge in [-0.3, -0.25) is 9.59 Å². The first-order valence-electron chi connectivity index (χ1n) is 9.39. The molecular formula is C21H25N3O3S. The Hall–Kier alpha value is -2.51. The molecule has 0 unspecified atom stereocenters. The third-order valence-electron chi connectivity index (χ3n) is 4.61. The number of hydrogen-bond acceptors (Lipinski definition) is 5. The molecule has 1 amide bonds. The minimum atomic E-state index is -0.197. The summed E-state index contributed by atoms with van der Waals surface area (Å²) in [5, 5.41) is 0.541. The molecule has 0 fully saturated rings. The fourth-order valence-corrected chi connectivity index (χ4v) is 4.18. The van der Waals surface area contributed by atoms with E-state index in [2.05, 4.69) is 16.9 Å². The molecule has 148 valence electrons. The molecule has 0 aliphatic rings. The average molecular weight is 400 g/mol. The fourth-order valence-electron chi connectivity index (χ4n) is 3.14. The van der Waals surface area contributed by atoms with Gasteiger partial charge in [-0.25, -0.2) is 4.98 Å². The molecule has 0 saturated heterocycles. The zero-order valence-corrected chi connectivity index (χ0v) is 17.3. The summed E-state index contributed by atoms with van der Waals surface area (Å²) in [6.45, 7) is 5.24. The standard InChI is InChI=1S/C21H25N3O3S/c1-4-7-15-12-18(28-14(15)2)21(26)24(10-11-27-3)13-19-22-17-9-6-5-8-16(17)20(25)23-19/h5-6,8-9,12H,4,7,10-11,13H2,1-3H3,(H,22,23,25). The van der Waals surface area contributed by atoms with Gasteiger partial charge in [0.25, 0.3) is 11.5 Å². The van der Waals surface area contributed by atoms with Crippen LogP contribution in [0.2, 0.25) is 0 Å². The van der Waals surface area contributed by atoms with Gasteiger partial charge < -0.3 is 14.6 Å². The largest absolute Gasteiger partial charge is 0.383 e. The number of thiophene rings is 1. The van der Waals surface area contributed by atoms with E-state index in [0.717, 1.165) is 12.8 Å². The molecule has 0 saturated carbocycles. The highest BCUT2D eigenvalue weighted by Crippen LogP contribution is 2.24. The Balaban J connectivity index is 1.89. The minimum absolute atomic E-state index is 0.0664. The first kappa shape index (κ1) is 20.2. The Morgan fingerprint density at radius 3 is 2.86 bits per heavy atom. The number of para-hydroxylation sites is 1. The van der Waals surface area contributed by atoms with Crippen molar-refractivity contribution >= 4 is 28.1 Å². The number of ether oxygens (including phenoxy) is 1. The topological polar surface area (TPSA) is 75.3 Å². The van der Waals surface area contributed by atoms with Gasteiger partial charge in [0.2, 0.25) is 0 Å². The van der Waals surface area contributed by atoms with E-state index in [0.29, 0.717) is 34.8 Å². The van der Waals surface area contributed by atoms with Crippen molar-refractivity contribution in [2.75, 3.05) is 20.3 Å². The zero-order chi connectivity index (χ0) is 20.1. The summed E-state index contributed by atoms with van der Waals surface area (Å²) >= 11 is 1.52. The molecule has 3 rings (SSSR count). The second kappa shape index (κ2) is 9.12. The number of aryl methyl sites for hydroxylation is 2. The lowest BCUT2D eigenvalue weighted by atomic mass is 10.1. The van der Waals surface area contributed by atoms with E-state index in [1.54, 1.807) is 30.2 Å². The smallest absolute Gasteiger partial charge is 0.264 e. The van der Waals surface area contributed by atoms with Crippen LogP contribution in [0.25, 0.3) is 10.9 Å². The van der Waals surface area contributed by atoms with Crippen LogP contribution in [0.15, 0.2) is 35.1 Å². The van der Waals surface area contributed by atoms with Crippen molar-refractivity contribution in [1.29, 1.82) is 0 Å². The molecule has 0 aliphatic heterocycles. The normalized spacial score (nSPS) is 11.1. The predicted molar refractivity (Wildman–Crippen MR) is 112 cm³/mol. The van der Waals surface area contributed by atoms with E-state index < -0.39 is 0 Å². The number of carbonyl (C=O) groups excluding carboxylic acids is 1. The number of methoxy groups -OCH3 is 1. The molecule has 0 atom stereocenters. The number of rotatable bonds is 8. The molecule has 1 N–H and O–H groups in total. The van der Waals surface area contributed by atoms with Gasteiger partial charge in [-0.1, -0.05) is 25.5 Å². The van der Waals surface area contributed by atoms with E-state index in [4.69, 9.17) is 4.74 Å². The fraction of sp³-hybridized carbons (Fsp3) is 0.381. The molecule has 0 bridgehead atoms. The van der Waals surface area contributed by atoms with Gasteiger partial charge in [0.05, 0.1) is 28.9 Å². The van der Waals surface area contributed by atoms with Crippen molar-refractivity contribution in [2.45, 2.75) is 33.2 Å². The molecule has 0 aliphatic carbocycles. The Bertz CT molecular complexity index is 1030. The number of nitrogens with zero attached hydrogens (tertiary/aromatic N) is 2. The van der Waals surface area contributed by atoms with Crippen LogP contribution < -0.4 is 5.56 Å². The Kier molecular flexibility index (Phi) is 6.59. The highest BCUT2D eigenvalue weighted by Gasteiger charge is 2.20. The maximum Gasteiger partial charge on any atom is 0.264 e. The summed E-state index contributed by atoms with van der Waals surface area (Å²) in [5.74, 6) is 0.401. The van der Waals surface area contributed by atoms with Crippen molar-refractivity contribution < 1.29 is 9.53 Å². The van der Waals surface area contributed by atoms with Crippen LogP contribution in [0.4, 0.5) is 0 Å². The summed E-state index contributed by atoms with van der Waals surface area (Å²) in [5.41, 5.74) is 1.65. The second-order valence-corrected chi connectivity index (χ2v) is 7.95. The van der Waals surface area contributed by atoms with Crippen molar-refractivity contribution in [3.8, 4) is 0 Å². The number of amides is 1. The van der Waals surface area contributed by atoms with E-state index in [-0.39, 0.29) is 18.0 Å². The van der Waals surface area contributed by atoms with Gasteiger partial charge in [0.1, 0.15) is 5.82 Å². The summed E-state index contributed by atoms with van der Waals surface area (Å²) in [6.07, 6.45) is 2.01. The SMILES string of the molecule is CCCc1cc(C(=O)N(CCOC)Cc2nc3ccccc3c(=O)[nH]2)sc1C. The first-order valence-corrected chi connectivity index (χ1v) is 10.2. The van der Waals surface area contributed by atoms with Gasteiger partial charge in [-0.15, -0.1) is 11.3 Å². The van der Waals surface area contributed by atoms with E-state index in [1.807, 2.05) is 19.1 Å². The highest BCUT2D eigenvalue weighted by molar-refractivity contribution is 7.14. The van der Waals surface area contributed by atoms with E-state index >= 15 is 0 Å². The van der Waals surface area contributed by atoms with Crippen molar-refractivity contribution in [1.82, 2.24) is 14.9 Å². The summed E-state index contributed by atoms with van der Waals surface area (Å²) in [7, 11) is 1.60. The average Bonchev–Trinajstić information content (AvgIpc) is 3.05. The van der Waals surface area contributed by atoms with Crippen LogP contribution in [0.3, 0.4) is 0 Å². The maximum absolute atomic E-state index is 13.1. The van der Waals surface area contributed by atoms with Gasteiger partial charge in [-0.05, 0) is 37.1 Å². The Morgan fingerprint density at radius 1 is 1.32 bits per heavy atom. The molecule has 28 heavy (non-hydrogen) atoms. The Morgan fingerprint density at radius 2 is 2.11 bits per heavy atom.